The summed E-state index contributed by atoms with van der Waals surface area (Å²) >= 11 is -4.60. The van der Waals surface area contributed by atoms with Gasteiger partial charge in [0.15, 0.2) is 0 Å². The first-order valence-electron chi connectivity index (χ1n) is 14.2. The Morgan fingerprint density at radius 3 is 0.784 bits per heavy atom. The van der Waals surface area contributed by atoms with E-state index in [2.05, 4.69) is 0 Å². The molecule has 0 bridgehead atoms. The van der Waals surface area contributed by atoms with Crippen LogP contribution in [-0.4, -0.2) is 96.8 Å². The fraction of sp³-hybridized carbons (Fsp3) is 1.00. The monoisotopic (exact) mass is 644 g/mol. The van der Waals surface area contributed by atoms with Gasteiger partial charge in [-0.05, 0) is 0 Å². The van der Waals surface area contributed by atoms with Crippen LogP contribution in [0.5, 0.6) is 0 Å². The minimum atomic E-state index is -4.60. The Balaban J connectivity index is 5.38. The van der Waals surface area contributed by atoms with E-state index in [0.717, 1.165) is 77.0 Å². The van der Waals surface area contributed by atoms with Crippen molar-refractivity contribution in [3.63, 3.8) is 0 Å². The van der Waals surface area contributed by atoms with Crippen LogP contribution in [0.2, 0.25) is 0 Å². The molecule has 16 N–H and O–H groups in total. The fourth-order valence-electron chi connectivity index (χ4n) is 3.62. The van der Waals surface area contributed by atoms with Gasteiger partial charge in [-0.25, -0.2) is 0 Å². The SMILES string of the molecule is NCCCC[C@H](N)C[O][Sn]([O]C[C@@H](N)CCCCN)([O]C[C@@H](N)CCCCN)[O]C[C@@H](N)CCCCN. The minimum absolute atomic E-state index is 0.187. The quantitative estimate of drug-likeness (QED) is 0.0390. The molecule has 12 nitrogen and oxygen atoms in total. The molecule has 13 heteroatoms. The normalized spacial score (nSPS) is 15.6. The van der Waals surface area contributed by atoms with Gasteiger partial charge in [-0.15, -0.1) is 0 Å². The van der Waals surface area contributed by atoms with Gasteiger partial charge >= 0.3 is 232 Å². The van der Waals surface area contributed by atoms with Gasteiger partial charge in [0.2, 0.25) is 0 Å². The molecule has 0 aliphatic heterocycles. The van der Waals surface area contributed by atoms with Crippen molar-refractivity contribution in [1.29, 1.82) is 0 Å². The molecular weight excluding hydrogens is 583 g/mol. The molecule has 0 heterocycles. The predicted octanol–water partition coefficient (Wildman–Crippen LogP) is -0.686. The van der Waals surface area contributed by atoms with Gasteiger partial charge in [-0.2, -0.15) is 0 Å². The zero-order chi connectivity index (χ0) is 27.8. The predicted molar refractivity (Wildman–Crippen MR) is 153 cm³/mol. The average molecular weight is 644 g/mol. The van der Waals surface area contributed by atoms with E-state index in [1.165, 1.54) is 0 Å². The first kappa shape index (κ1) is 37.3. The Morgan fingerprint density at radius 1 is 0.378 bits per heavy atom. The Hall–Kier alpha value is 0.319. The maximum atomic E-state index is 6.32. The van der Waals surface area contributed by atoms with Crippen LogP contribution in [0.4, 0.5) is 0 Å². The molecule has 37 heavy (non-hydrogen) atoms. The third-order valence-corrected chi connectivity index (χ3v) is 12.0. The van der Waals surface area contributed by atoms with E-state index >= 15 is 0 Å². The van der Waals surface area contributed by atoms with Crippen molar-refractivity contribution in [2.75, 3.05) is 52.6 Å². The third kappa shape index (κ3) is 21.8. The van der Waals surface area contributed by atoms with E-state index in [9.17, 15) is 0 Å². The van der Waals surface area contributed by atoms with Crippen LogP contribution in [0.25, 0.3) is 0 Å². The molecule has 0 saturated heterocycles. The number of rotatable bonds is 28. The molecule has 0 aromatic carbocycles. The number of unbranched alkanes of at least 4 members (excludes halogenated alkanes) is 4. The summed E-state index contributed by atoms with van der Waals surface area (Å²) in [6.07, 6.45) is 10.5. The Labute approximate surface area is 231 Å². The zero-order valence-corrected chi connectivity index (χ0v) is 26.1. The molecule has 0 aromatic rings. The Bertz CT molecular complexity index is 416. The summed E-state index contributed by atoms with van der Waals surface area (Å²) in [5.74, 6) is 0. The molecule has 0 rings (SSSR count). The average Bonchev–Trinajstić information content (AvgIpc) is 2.88. The molecule has 0 aliphatic rings. The molecule has 0 aromatic heterocycles. The van der Waals surface area contributed by atoms with Crippen LogP contribution in [0.1, 0.15) is 77.0 Å². The van der Waals surface area contributed by atoms with Crippen LogP contribution < -0.4 is 45.9 Å². The summed E-state index contributed by atoms with van der Waals surface area (Å²) in [6, 6.07) is -0.748. The second kappa shape index (κ2) is 25.3. The molecule has 4 atom stereocenters. The summed E-state index contributed by atoms with van der Waals surface area (Å²) in [5, 5.41) is 0. The van der Waals surface area contributed by atoms with Gasteiger partial charge in [-0.3, -0.25) is 0 Å². The molecule has 0 unspecified atom stereocenters. The maximum absolute atomic E-state index is 6.32. The van der Waals surface area contributed by atoms with Crippen LogP contribution in [0.15, 0.2) is 0 Å². The standard InChI is InChI=1S/4C6H15N2O.Sn/c4*7-4-2-1-3-6(8)5-9;/h4*6H,1-5,7-8H2;/q4*-1;+4/t4*6-;/m0000./s1. The van der Waals surface area contributed by atoms with E-state index in [-0.39, 0.29) is 50.6 Å². The van der Waals surface area contributed by atoms with Gasteiger partial charge in [0.25, 0.3) is 0 Å². The third-order valence-electron chi connectivity index (χ3n) is 6.01. The Morgan fingerprint density at radius 2 is 0.595 bits per heavy atom. The van der Waals surface area contributed by atoms with Crippen LogP contribution in [-0.2, 0) is 12.3 Å². The summed E-state index contributed by atoms with van der Waals surface area (Å²) in [4.78, 5) is 0. The van der Waals surface area contributed by atoms with Gasteiger partial charge in [0.05, 0.1) is 0 Å². The Kier molecular flexibility index (Phi) is 25.5. The second-order valence-corrected chi connectivity index (χ2v) is 16.1. The van der Waals surface area contributed by atoms with Crippen molar-refractivity contribution in [3.05, 3.63) is 0 Å². The van der Waals surface area contributed by atoms with Gasteiger partial charge in [0.1, 0.15) is 0 Å². The first-order valence-corrected chi connectivity index (χ1v) is 18.9. The van der Waals surface area contributed by atoms with Gasteiger partial charge in [0, 0.05) is 0 Å². The fourth-order valence-corrected chi connectivity index (χ4v) is 9.82. The van der Waals surface area contributed by atoms with Crippen molar-refractivity contribution >= 4 is 20.0 Å². The van der Waals surface area contributed by atoms with Crippen molar-refractivity contribution < 1.29 is 12.3 Å². The molecule has 224 valence electrons. The van der Waals surface area contributed by atoms with E-state index in [0.29, 0.717) is 26.2 Å². The zero-order valence-electron chi connectivity index (χ0n) is 23.2. The summed E-state index contributed by atoms with van der Waals surface area (Å²) in [6.45, 7) is 3.58. The summed E-state index contributed by atoms with van der Waals surface area (Å²) in [5.41, 5.74) is 47.8. The molecule has 0 fully saturated rings. The number of hydrogen-bond donors (Lipinski definition) is 8. The topological polar surface area (TPSA) is 245 Å². The molecule has 0 aliphatic carbocycles. The molecule has 0 saturated carbocycles. The van der Waals surface area contributed by atoms with E-state index in [1.807, 2.05) is 0 Å². The van der Waals surface area contributed by atoms with Crippen molar-refractivity contribution in [2.45, 2.75) is 101 Å². The van der Waals surface area contributed by atoms with E-state index in [4.69, 9.17) is 58.2 Å². The summed E-state index contributed by atoms with van der Waals surface area (Å²) < 4.78 is 25.2. The van der Waals surface area contributed by atoms with Crippen molar-refractivity contribution in [1.82, 2.24) is 0 Å². The van der Waals surface area contributed by atoms with Gasteiger partial charge < -0.3 is 0 Å². The van der Waals surface area contributed by atoms with Gasteiger partial charge in [-0.1, -0.05) is 0 Å². The van der Waals surface area contributed by atoms with Crippen LogP contribution in [0.3, 0.4) is 0 Å². The molecule has 0 radical (unpaired) electrons. The molecule has 0 spiro atoms. The second-order valence-electron chi connectivity index (χ2n) is 9.92. The molecule has 0 amide bonds. The van der Waals surface area contributed by atoms with Crippen molar-refractivity contribution in [2.24, 2.45) is 45.9 Å². The number of nitrogens with two attached hydrogens (primary N) is 8. The van der Waals surface area contributed by atoms with Crippen molar-refractivity contribution in [3.8, 4) is 0 Å². The van der Waals surface area contributed by atoms with E-state index in [1.54, 1.807) is 0 Å². The summed E-state index contributed by atoms with van der Waals surface area (Å²) in [7, 11) is 0. The van der Waals surface area contributed by atoms with Crippen LogP contribution in [0, 0.1) is 0 Å². The molecular formula is C24H60N8O4Sn. The number of hydrogen-bond acceptors (Lipinski definition) is 12. The van der Waals surface area contributed by atoms with Crippen LogP contribution >= 0.6 is 0 Å². The first-order chi connectivity index (χ1) is 17.8. The van der Waals surface area contributed by atoms with E-state index < -0.39 is 20.0 Å².